The second kappa shape index (κ2) is 9.49. The molecule has 1 aliphatic rings. The van der Waals surface area contributed by atoms with E-state index in [0.29, 0.717) is 0 Å². The topological polar surface area (TPSA) is 37.4 Å². The summed E-state index contributed by atoms with van der Waals surface area (Å²) in [5.41, 5.74) is 2.40. The van der Waals surface area contributed by atoms with Crippen molar-refractivity contribution < 1.29 is 4.74 Å². The van der Waals surface area contributed by atoms with E-state index >= 15 is 0 Å². The van der Waals surface area contributed by atoms with Crippen molar-refractivity contribution in [2.45, 2.75) is 18.9 Å². The molecule has 4 heteroatoms. The van der Waals surface area contributed by atoms with Crippen LogP contribution < -0.4 is 10.1 Å². The predicted molar refractivity (Wildman–Crippen MR) is 113 cm³/mol. The summed E-state index contributed by atoms with van der Waals surface area (Å²) in [7, 11) is 0. The Morgan fingerprint density at radius 2 is 1.75 bits per heavy atom. The van der Waals surface area contributed by atoms with Gasteiger partial charge < -0.3 is 10.1 Å². The lowest BCUT2D eigenvalue weighted by Crippen LogP contribution is -2.33. The van der Waals surface area contributed by atoms with E-state index in [2.05, 4.69) is 45.5 Å². The molecular weight excluding hydrogens is 346 g/mol. The van der Waals surface area contributed by atoms with Crippen LogP contribution in [0.2, 0.25) is 0 Å². The van der Waals surface area contributed by atoms with Crippen LogP contribution in [-0.2, 0) is 6.42 Å². The lowest BCUT2D eigenvalue weighted by molar-refractivity contribution is 0.208. The van der Waals surface area contributed by atoms with Gasteiger partial charge >= 0.3 is 0 Å². The summed E-state index contributed by atoms with van der Waals surface area (Å²) >= 11 is 0. The van der Waals surface area contributed by atoms with Crippen molar-refractivity contribution in [3.8, 4) is 11.5 Å². The second-order valence-corrected chi connectivity index (χ2v) is 7.17. The van der Waals surface area contributed by atoms with Crippen molar-refractivity contribution in [1.82, 2.24) is 15.2 Å². The molecule has 1 N–H and O–H groups in total. The summed E-state index contributed by atoms with van der Waals surface area (Å²) in [4.78, 5) is 7.16. The summed E-state index contributed by atoms with van der Waals surface area (Å²) in [5, 5.41) is 3.51. The molecule has 0 aliphatic carbocycles. The van der Waals surface area contributed by atoms with Gasteiger partial charge in [0.2, 0.25) is 0 Å². The van der Waals surface area contributed by atoms with Gasteiger partial charge in [-0.05, 0) is 54.9 Å². The first kappa shape index (κ1) is 18.7. The van der Waals surface area contributed by atoms with Crippen LogP contribution in [0.15, 0.2) is 79.0 Å². The molecule has 1 atom stereocenters. The van der Waals surface area contributed by atoms with Crippen LogP contribution in [0, 0.1) is 0 Å². The fourth-order valence-electron chi connectivity index (χ4n) is 3.76. The standard InChI is InChI=1S/C24H27N3O/c1-2-10-22(11-3-1)28-23-12-6-8-20(18-23)24(19-21-9-4-5-14-26-21)27-16-7-13-25-15-17-27/h1-6,8-12,14,18,24-25H,7,13,15-17,19H2. The number of para-hydroxylation sites is 1. The Hall–Kier alpha value is -2.69. The predicted octanol–water partition coefficient (Wildman–Crippen LogP) is 4.45. The maximum atomic E-state index is 6.08. The molecule has 4 nitrogen and oxygen atoms in total. The molecule has 0 saturated carbocycles. The molecule has 1 fully saturated rings. The maximum Gasteiger partial charge on any atom is 0.127 e. The van der Waals surface area contributed by atoms with Crippen LogP contribution in [0.1, 0.15) is 23.7 Å². The van der Waals surface area contributed by atoms with Crippen molar-refractivity contribution in [2.24, 2.45) is 0 Å². The van der Waals surface area contributed by atoms with Gasteiger partial charge in [-0.15, -0.1) is 0 Å². The Bertz CT molecular complexity index is 846. The normalized spacial score (nSPS) is 16.3. The lowest BCUT2D eigenvalue weighted by Gasteiger charge is -2.31. The maximum absolute atomic E-state index is 6.08. The summed E-state index contributed by atoms with van der Waals surface area (Å²) < 4.78 is 6.08. The highest BCUT2D eigenvalue weighted by Crippen LogP contribution is 2.30. The van der Waals surface area contributed by atoms with E-state index in [1.54, 1.807) is 0 Å². The number of hydrogen-bond acceptors (Lipinski definition) is 4. The number of hydrogen-bond donors (Lipinski definition) is 1. The third kappa shape index (κ3) is 4.97. The van der Waals surface area contributed by atoms with Crippen LogP contribution in [0.25, 0.3) is 0 Å². The molecule has 28 heavy (non-hydrogen) atoms. The Kier molecular flexibility index (Phi) is 6.32. The van der Waals surface area contributed by atoms with Gasteiger partial charge in [-0.1, -0.05) is 36.4 Å². The molecule has 0 radical (unpaired) electrons. The number of aromatic nitrogens is 1. The fraction of sp³-hybridized carbons (Fsp3) is 0.292. The molecule has 2 heterocycles. The zero-order valence-electron chi connectivity index (χ0n) is 16.1. The minimum atomic E-state index is 0.286. The van der Waals surface area contributed by atoms with Crippen molar-refractivity contribution >= 4 is 0 Å². The second-order valence-electron chi connectivity index (χ2n) is 7.17. The van der Waals surface area contributed by atoms with Gasteiger partial charge in [-0.3, -0.25) is 9.88 Å². The molecule has 0 spiro atoms. The molecule has 1 aliphatic heterocycles. The van der Waals surface area contributed by atoms with Crippen LogP contribution in [-0.4, -0.2) is 36.1 Å². The number of benzene rings is 2. The van der Waals surface area contributed by atoms with Gasteiger partial charge in [-0.25, -0.2) is 0 Å². The third-order valence-electron chi connectivity index (χ3n) is 5.17. The van der Waals surface area contributed by atoms with E-state index in [1.807, 2.05) is 48.7 Å². The average molecular weight is 374 g/mol. The first-order valence-electron chi connectivity index (χ1n) is 10.1. The average Bonchev–Trinajstić information content (AvgIpc) is 3.03. The number of nitrogens with one attached hydrogen (secondary N) is 1. The molecule has 0 bridgehead atoms. The SMILES string of the molecule is c1ccc(Oc2cccc(C(Cc3ccccn3)N3CCCNCC3)c2)cc1. The number of rotatable bonds is 6. The summed E-state index contributed by atoms with van der Waals surface area (Å²) in [6.45, 7) is 4.25. The van der Waals surface area contributed by atoms with Crippen molar-refractivity contribution in [1.29, 1.82) is 0 Å². The molecule has 2 aromatic carbocycles. The van der Waals surface area contributed by atoms with Gasteiger partial charge in [0.05, 0.1) is 0 Å². The molecule has 3 aromatic rings. The monoisotopic (exact) mass is 373 g/mol. The van der Waals surface area contributed by atoms with Crippen molar-refractivity contribution in [3.05, 3.63) is 90.3 Å². The van der Waals surface area contributed by atoms with E-state index in [0.717, 1.165) is 49.8 Å². The zero-order chi connectivity index (χ0) is 19.0. The Labute approximate surface area is 167 Å². The summed E-state index contributed by atoms with van der Waals surface area (Å²) in [6.07, 6.45) is 3.94. The quantitative estimate of drug-likeness (QED) is 0.693. The highest BCUT2D eigenvalue weighted by molar-refractivity contribution is 5.35. The van der Waals surface area contributed by atoms with E-state index in [-0.39, 0.29) is 6.04 Å². The van der Waals surface area contributed by atoms with Crippen molar-refractivity contribution in [3.63, 3.8) is 0 Å². The summed E-state index contributed by atoms with van der Waals surface area (Å²) in [6, 6.07) is 24.9. The van der Waals surface area contributed by atoms with E-state index in [1.165, 1.54) is 12.0 Å². The Morgan fingerprint density at radius 1 is 0.893 bits per heavy atom. The summed E-state index contributed by atoms with van der Waals surface area (Å²) in [5.74, 6) is 1.74. The molecule has 1 unspecified atom stereocenters. The minimum absolute atomic E-state index is 0.286. The largest absolute Gasteiger partial charge is 0.457 e. The Morgan fingerprint density at radius 3 is 2.61 bits per heavy atom. The highest BCUT2D eigenvalue weighted by Gasteiger charge is 2.22. The van der Waals surface area contributed by atoms with Gasteiger partial charge in [0.25, 0.3) is 0 Å². The van der Waals surface area contributed by atoms with Crippen LogP contribution in [0.3, 0.4) is 0 Å². The van der Waals surface area contributed by atoms with Gasteiger partial charge in [0.1, 0.15) is 11.5 Å². The number of nitrogens with zero attached hydrogens (tertiary/aromatic N) is 2. The molecule has 4 rings (SSSR count). The van der Waals surface area contributed by atoms with Gasteiger partial charge in [-0.2, -0.15) is 0 Å². The highest BCUT2D eigenvalue weighted by atomic mass is 16.5. The number of pyridine rings is 1. The fourth-order valence-corrected chi connectivity index (χ4v) is 3.76. The van der Waals surface area contributed by atoms with Gasteiger partial charge in [0.15, 0.2) is 0 Å². The first-order valence-corrected chi connectivity index (χ1v) is 10.1. The molecule has 1 aromatic heterocycles. The smallest absolute Gasteiger partial charge is 0.127 e. The van der Waals surface area contributed by atoms with E-state index in [4.69, 9.17) is 4.74 Å². The number of ether oxygens (including phenoxy) is 1. The third-order valence-corrected chi connectivity index (χ3v) is 5.17. The Balaban J connectivity index is 1.60. The van der Waals surface area contributed by atoms with E-state index < -0.39 is 0 Å². The lowest BCUT2D eigenvalue weighted by atomic mass is 9.99. The van der Waals surface area contributed by atoms with E-state index in [9.17, 15) is 0 Å². The molecular formula is C24H27N3O. The molecule has 144 valence electrons. The molecule has 0 amide bonds. The first-order chi connectivity index (χ1) is 13.9. The van der Waals surface area contributed by atoms with Crippen LogP contribution in [0.4, 0.5) is 0 Å². The van der Waals surface area contributed by atoms with Crippen LogP contribution in [0.5, 0.6) is 11.5 Å². The van der Waals surface area contributed by atoms with Crippen molar-refractivity contribution in [2.75, 3.05) is 26.2 Å². The minimum Gasteiger partial charge on any atom is -0.457 e. The molecule has 1 saturated heterocycles. The zero-order valence-corrected chi connectivity index (χ0v) is 16.1. The van der Waals surface area contributed by atoms with Gasteiger partial charge in [0, 0.05) is 44.0 Å². The van der Waals surface area contributed by atoms with Crippen LogP contribution >= 0.6 is 0 Å².